The van der Waals surface area contributed by atoms with E-state index in [0.717, 1.165) is 12.1 Å². The number of halogens is 5. The fraction of sp³-hybridized carbons (Fsp3) is 0.0588. The monoisotopic (exact) mass is 441 g/mol. The van der Waals surface area contributed by atoms with Gasteiger partial charge in [-0.15, -0.1) is 0 Å². The van der Waals surface area contributed by atoms with Gasteiger partial charge in [-0.2, -0.15) is 13.2 Å². The van der Waals surface area contributed by atoms with Gasteiger partial charge in [0.2, 0.25) is 0 Å². The van der Waals surface area contributed by atoms with E-state index in [9.17, 15) is 17.6 Å². The highest BCUT2D eigenvalue weighted by atomic mass is 79.9. The maximum Gasteiger partial charge on any atom is 0.416 e. The Hall–Kier alpha value is -2.88. The molecule has 0 radical (unpaired) electrons. The van der Waals surface area contributed by atoms with E-state index in [0.29, 0.717) is 10.2 Å². The summed E-state index contributed by atoms with van der Waals surface area (Å²) in [7, 11) is 0. The molecule has 1 heterocycles. The lowest BCUT2D eigenvalue weighted by atomic mass is 10.2. The van der Waals surface area contributed by atoms with Crippen molar-refractivity contribution in [3.8, 4) is 0 Å². The van der Waals surface area contributed by atoms with Gasteiger partial charge in [-0.05, 0) is 42.5 Å². The van der Waals surface area contributed by atoms with Crippen molar-refractivity contribution in [1.82, 2.24) is 9.97 Å². The SMILES string of the molecule is Nc1c(Nc2ccc(C(F)(F)F)cc2)ncnc1Nc1ccc(Br)cc1F. The number of benzene rings is 2. The summed E-state index contributed by atoms with van der Waals surface area (Å²) in [6.07, 6.45) is -3.22. The molecule has 140 valence electrons. The molecule has 4 N–H and O–H groups in total. The van der Waals surface area contributed by atoms with Crippen molar-refractivity contribution in [2.24, 2.45) is 0 Å². The smallest absolute Gasteiger partial charge is 0.393 e. The number of nitrogens with one attached hydrogen (secondary N) is 2. The van der Waals surface area contributed by atoms with Crippen LogP contribution in [0.25, 0.3) is 0 Å². The minimum Gasteiger partial charge on any atom is -0.393 e. The third-order valence-corrected chi connectivity index (χ3v) is 4.04. The average molecular weight is 442 g/mol. The Morgan fingerprint density at radius 2 is 1.56 bits per heavy atom. The lowest BCUT2D eigenvalue weighted by molar-refractivity contribution is -0.137. The predicted molar refractivity (Wildman–Crippen MR) is 98.6 cm³/mol. The van der Waals surface area contributed by atoms with Crippen LogP contribution in [0.1, 0.15) is 5.56 Å². The van der Waals surface area contributed by atoms with Crippen LogP contribution in [-0.2, 0) is 6.18 Å². The summed E-state index contributed by atoms with van der Waals surface area (Å²) >= 11 is 3.16. The molecular weight excluding hydrogens is 430 g/mol. The minimum atomic E-state index is -4.42. The number of rotatable bonds is 4. The topological polar surface area (TPSA) is 75.9 Å². The molecule has 3 rings (SSSR count). The van der Waals surface area contributed by atoms with E-state index in [4.69, 9.17) is 5.73 Å². The highest BCUT2D eigenvalue weighted by molar-refractivity contribution is 9.10. The number of alkyl halides is 3. The molecule has 0 aliphatic heterocycles. The Morgan fingerprint density at radius 1 is 0.926 bits per heavy atom. The Labute approximate surface area is 159 Å². The number of anilines is 5. The molecule has 0 aliphatic rings. The molecule has 27 heavy (non-hydrogen) atoms. The standard InChI is InChI=1S/C17H12BrF4N5/c18-10-3-6-13(12(19)7-10)27-16-14(23)15(24-8-25-16)26-11-4-1-9(2-5-11)17(20,21)22/h1-8H,23H2,(H2,24,25,26,27). The highest BCUT2D eigenvalue weighted by Gasteiger charge is 2.29. The molecule has 2 aromatic carbocycles. The molecule has 5 nitrogen and oxygen atoms in total. The van der Waals surface area contributed by atoms with Crippen molar-refractivity contribution in [3.05, 3.63) is 64.6 Å². The van der Waals surface area contributed by atoms with Gasteiger partial charge in [0.25, 0.3) is 0 Å². The van der Waals surface area contributed by atoms with Crippen molar-refractivity contribution in [1.29, 1.82) is 0 Å². The van der Waals surface area contributed by atoms with E-state index >= 15 is 0 Å². The van der Waals surface area contributed by atoms with E-state index in [1.54, 1.807) is 6.07 Å². The lowest BCUT2D eigenvalue weighted by Gasteiger charge is -2.13. The molecule has 0 spiro atoms. The predicted octanol–water partition coefficient (Wildman–Crippen LogP) is 5.47. The van der Waals surface area contributed by atoms with Gasteiger partial charge in [0.05, 0.1) is 11.3 Å². The highest BCUT2D eigenvalue weighted by Crippen LogP contribution is 2.32. The summed E-state index contributed by atoms with van der Waals surface area (Å²) in [6, 6.07) is 8.82. The van der Waals surface area contributed by atoms with Gasteiger partial charge >= 0.3 is 6.18 Å². The van der Waals surface area contributed by atoms with E-state index in [-0.39, 0.29) is 23.0 Å². The summed E-state index contributed by atoms with van der Waals surface area (Å²) in [5, 5.41) is 5.58. The molecule has 0 saturated heterocycles. The van der Waals surface area contributed by atoms with Crippen LogP contribution in [-0.4, -0.2) is 9.97 Å². The average Bonchev–Trinajstić information content (AvgIpc) is 2.60. The molecule has 0 atom stereocenters. The number of hydrogen-bond acceptors (Lipinski definition) is 5. The summed E-state index contributed by atoms with van der Waals surface area (Å²) < 4.78 is 52.4. The van der Waals surface area contributed by atoms with Gasteiger partial charge in [0.15, 0.2) is 11.6 Å². The van der Waals surface area contributed by atoms with Crippen LogP contribution >= 0.6 is 15.9 Å². The number of nitrogens with two attached hydrogens (primary N) is 1. The normalized spacial score (nSPS) is 11.3. The first-order chi connectivity index (χ1) is 12.7. The van der Waals surface area contributed by atoms with Crippen molar-refractivity contribution in [2.45, 2.75) is 6.18 Å². The minimum absolute atomic E-state index is 0.0831. The fourth-order valence-corrected chi connectivity index (χ4v) is 2.53. The zero-order valence-corrected chi connectivity index (χ0v) is 15.1. The van der Waals surface area contributed by atoms with Crippen molar-refractivity contribution >= 4 is 44.6 Å². The van der Waals surface area contributed by atoms with Gasteiger partial charge in [-0.1, -0.05) is 15.9 Å². The second-order valence-electron chi connectivity index (χ2n) is 5.43. The van der Waals surface area contributed by atoms with Crippen LogP contribution in [0.2, 0.25) is 0 Å². The Bertz CT molecular complexity index is 961. The van der Waals surface area contributed by atoms with Crippen molar-refractivity contribution in [3.63, 3.8) is 0 Å². The quantitative estimate of drug-likeness (QED) is 0.468. The van der Waals surface area contributed by atoms with Gasteiger partial charge in [0, 0.05) is 10.2 Å². The van der Waals surface area contributed by atoms with Crippen molar-refractivity contribution < 1.29 is 17.6 Å². The van der Waals surface area contributed by atoms with E-state index in [1.165, 1.54) is 30.6 Å². The molecule has 0 unspecified atom stereocenters. The Balaban J connectivity index is 1.82. The summed E-state index contributed by atoms with van der Waals surface area (Å²) in [4.78, 5) is 7.94. The molecule has 0 amide bonds. The van der Waals surface area contributed by atoms with Crippen LogP contribution in [0.5, 0.6) is 0 Å². The molecule has 0 bridgehead atoms. The number of nitrogens with zero attached hydrogens (tertiary/aromatic N) is 2. The van der Waals surface area contributed by atoms with Crippen molar-refractivity contribution in [2.75, 3.05) is 16.4 Å². The van der Waals surface area contributed by atoms with Crippen LogP contribution in [0.3, 0.4) is 0 Å². The van der Waals surface area contributed by atoms with Crippen LogP contribution in [0, 0.1) is 5.82 Å². The summed E-state index contributed by atoms with van der Waals surface area (Å²) in [6.45, 7) is 0. The van der Waals surface area contributed by atoms with Gasteiger partial charge < -0.3 is 16.4 Å². The second kappa shape index (κ2) is 7.39. The summed E-state index contributed by atoms with van der Waals surface area (Å²) in [5.41, 5.74) is 5.82. The third kappa shape index (κ3) is 4.45. The zero-order valence-electron chi connectivity index (χ0n) is 13.5. The second-order valence-corrected chi connectivity index (χ2v) is 6.35. The van der Waals surface area contributed by atoms with Gasteiger partial charge in [-0.25, -0.2) is 14.4 Å². The molecule has 0 saturated carbocycles. The number of aromatic nitrogens is 2. The maximum atomic E-state index is 14.0. The Morgan fingerprint density at radius 3 is 2.15 bits per heavy atom. The fourth-order valence-electron chi connectivity index (χ4n) is 2.19. The molecule has 0 aliphatic carbocycles. The molecule has 1 aromatic heterocycles. The van der Waals surface area contributed by atoms with E-state index in [1.807, 2.05) is 0 Å². The molecular formula is C17H12BrF4N5. The third-order valence-electron chi connectivity index (χ3n) is 3.54. The lowest BCUT2D eigenvalue weighted by Crippen LogP contribution is -2.07. The maximum absolute atomic E-state index is 14.0. The first-order valence-corrected chi connectivity index (χ1v) is 8.30. The molecule has 3 aromatic rings. The van der Waals surface area contributed by atoms with Gasteiger partial charge in [-0.3, -0.25) is 0 Å². The molecule has 10 heteroatoms. The summed E-state index contributed by atoms with van der Waals surface area (Å²) in [5.74, 6) is -0.190. The van der Waals surface area contributed by atoms with E-state index in [2.05, 4.69) is 36.5 Å². The first kappa shape index (κ1) is 18.9. The zero-order chi connectivity index (χ0) is 19.6. The Kier molecular flexibility index (Phi) is 5.17. The van der Waals surface area contributed by atoms with E-state index < -0.39 is 17.6 Å². The number of nitrogen functional groups attached to an aromatic ring is 1. The van der Waals surface area contributed by atoms with Gasteiger partial charge in [0.1, 0.15) is 17.8 Å². The largest absolute Gasteiger partial charge is 0.416 e. The van der Waals surface area contributed by atoms with Crippen LogP contribution in [0.15, 0.2) is 53.3 Å². The van der Waals surface area contributed by atoms with Crippen LogP contribution < -0.4 is 16.4 Å². The number of hydrogen-bond donors (Lipinski definition) is 3. The molecule has 0 fully saturated rings. The van der Waals surface area contributed by atoms with Crippen LogP contribution in [0.4, 0.5) is 46.3 Å². The first-order valence-electron chi connectivity index (χ1n) is 7.51.